The van der Waals surface area contributed by atoms with Gasteiger partial charge in [-0.25, -0.2) is 14.5 Å². The lowest BCUT2D eigenvalue weighted by atomic mass is 10.2. The molecule has 188 valence electrons. The van der Waals surface area contributed by atoms with Crippen molar-refractivity contribution in [2.75, 3.05) is 32.2 Å². The number of ether oxygens (including phenoxy) is 4. The topological polar surface area (TPSA) is 96.4 Å². The van der Waals surface area contributed by atoms with Crippen molar-refractivity contribution in [3.05, 3.63) is 35.5 Å². The molecule has 5 aromatic rings. The SMILES string of the molecule is COc1cc(OCc2csc(N3CC(C)OC(C)C3)n2)c2cc(-c3cn4nc(OC)sc4n3)oc2c1. The molecule has 5 heterocycles. The number of fused-ring (bicyclic) bond motifs is 2. The van der Waals surface area contributed by atoms with E-state index in [9.17, 15) is 0 Å². The minimum atomic E-state index is 0.182. The van der Waals surface area contributed by atoms with Crippen LogP contribution in [0.15, 0.2) is 34.2 Å². The van der Waals surface area contributed by atoms with E-state index in [2.05, 4.69) is 28.8 Å². The third-order valence-corrected chi connectivity index (χ3v) is 7.70. The second kappa shape index (κ2) is 9.26. The summed E-state index contributed by atoms with van der Waals surface area (Å²) in [6.45, 7) is 6.18. The van der Waals surface area contributed by atoms with Crippen LogP contribution in [0.5, 0.6) is 16.7 Å². The van der Waals surface area contributed by atoms with Gasteiger partial charge in [0.1, 0.15) is 29.4 Å². The molecule has 0 saturated carbocycles. The Kier molecular flexibility index (Phi) is 5.94. The van der Waals surface area contributed by atoms with Crippen LogP contribution >= 0.6 is 22.7 Å². The molecule has 2 unspecified atom stereocenters. The Labute approximate surface area is 215 Å². The molecule has 0 spiro atoms. The molecule has 6 rings (SSSR count). The van der Waals surface area contributed by atoms with E-state index in [1.807, 2.05) is 29.8 Å². The summed E-state index contributed by atoms with van der Waals surface area (Å²) in [4.78, 5) is 12.4. The fraction of sp³-hybridized carbons (Fsp3) is 0.375. The Balaban J connectivity index is 1.25. The Morgan fingerprint density at radius 2 is 1.92 bits per heavy atom. The summed E-state index contributed by atoms with van der Waals surface area (Å²) in [5.74, 6) is 1.92. The number of thiazole rings is 1. The number of methoxy groups -OCH3 is 2. The Morgan fingerprint density at radius 3 is 2.67 bits per heavy atom. The predicted molar refractivity (Wildman–Crippen MR) is 138 cm³/mol. The molecule has 1 aliphatic rings. The highest BCUT2D eigenvalue weighted by Crippen LogP contribution is 2.38. The number of hydrogen-bond donors (Lipinski definition) is 0. The van der Waals surface area contributed by atoms with E-state index < -0.39 is 0 Å². The summed E-state index contributed by atoms with van der Waals surface area (Å²) in [6.07, 6.45) is 2.18. The van der Waals surface area contributed by atoms with E-state index in [4.69, 9.17) is 28.3 Å². The van der Waals surface area contributed by atoms with E-state index in [1.54, 1.807) is 30.1 Å². The van der Waals surface area contributed by atoms with Crippen LogP contribution in [0.1, 0.15) is 19.5 Å². The lowest BCUT2D eigenvalue weighted by molar-refractivity contribution is -0.00524. The van der Waals surface area contributed by atoms with Gasteiger partial charge in [0.25, 0.3) is 5.19 Å². The van der Waals surface area contributed by atoms with Crippen LogP contribution in [-0.2, 0) is 11.3 Å². The molecule has 0 bridgehead atoms. The molecule has 10 nitrogen and oxygen atoms in total. The van der Waals surface area contributed by atoms with Gasteiger partial charge in [-0.2, -0.15) is 0 Å². The van der Waals surface area contributed by atoms with Gasteiger partial charge >= 0.3 is 0 Å². The Morgan fingerprint density at radius 1 is 1.08 bits per heavy atom. The number of nitrogens with zero attached hydrogens (tertiary/aromatic N) is 5. The quantitative estimate of drug-likeness (QED) is 0.294. The maximum Gasteiger partial charge on any atom is 0.294 e. The minimum Gasteiger partial charge on any atom is -0.496 e. The second-order valence-corrected chi connectivity index (χ2v) is 10.4. The van der Waals surface area contributed by atoms with Crippen LogP contribution in [0.3, 0.4) is 0 Å². The van der Waals surface area contributed by atoms with Crippen molar-refractivity contribution in [3.63, 3.8) is 0 Å². The van der Waals surface area contributed by atoms with Crippen molar-refractivity contribution < 1.29 is 23.4 Å². The third-order valence-electron chi connectivity index (χ3n) is 5.87. The monoisotopic (exact) mass is 527 g/mol. The summed E-state index contributed by atoms with van der Waals surface area (Å²) in [5.41, 5.74) is 2.20. The van der Waals surface area contributed by atoms with Gasteiger partial charge < -0.3 is 28.3 Å². The highest BCUT2D eigenvalue weighted by atomic mass is 32.1. The highest BCUT2D eigenvalue weighted by Gasteiger charge is 2.24. The number of morpholine rings is 1. The van der Waals surface area contributed by atoms with E-state index >= 15 is 0 Å². The molecule has 2 atom stereocenters. The molecule has 1 aliphatic heterocycles. The van der Waals surface area contributed by atoms with Crippen molar-refractivity contribution in [3.8, 4) is 28.1 Å². The minimum absolute atomic E-state index is 0.182. The van der Waals surface area contributed by atoms with Crippen LogP contribution in [0.2, 0.25) is 0 Å². The number of benzene rings is 1. The average molecular weight is 528 g/mol. The molecule has 0 radical (unpaired) electrons. The van der Waals surface area contributed by atoms with Gasteiger partial charge in [-0.05, 0) is 31.3 Å². The van der Waals surface area contributed by atoms with Gasteiger partial charge in [-0.3, -0.25) is 0 Å². The van der Waals surface area contributed by atoms with Gasteiger partial charge in [0.15, 0.2) is 10.9 Å². The summed E-state index contributed by atoms with van der Waals surface area (Å²) in [7, 11) is 3.21. The lowest BCUT2D eigenvalue weighted by Gasteiger charge is -2.35. The predicted octanol–water partition coefficient (Wildman–Crippen LogP) is 4.87. The zero-order chi connectivity index (χ0) is 24.8. The number of imidazole rings is 1. The number of furan rings is 1. The van der Waals surface area contributed by atoms with Crippen LogP contribution in [0.4, 0.5) is 5.13 Å². The zero-order valence-electron chi connectivity index (χ0n) is 20.3. The number of anilines is 1. The first-order valence-electron chi connectivity index (χ1n) is 11.5. The van der Waals surface area contributed by atoms with Gasteiger partial charge in [0.2, 0.25) is 4.96 Å². The molecule has 12 heteroatoms. The molecular formula is C24H25N5O5S2. The molecule has 1 saturated heterocycles. The second-order valence-electron chi connectivity index (χ2n) is 8.65. The number of rotatable bonds is 7. The summed E-state index contributed by atoms with van der Waals surface area (Å²) >= 11 is 2.99. The zero-order valence-corrected chi connectivity index (χ0v) is 21.9. The molecule has 36 heavy (non-hydrogen) atoms. The van der Waals surface area contributed by atoms with Crippen LogP contribution in [0.25, 0.3) is 27.4 Å². The van der Waals surface area contributed by atoms with Crippen molar-refractivity contribution in [1.82, 2.24) is 19.6 Å². The molecular weight excluding hydrogens is 502 g/mol. The van der Waals surface area contributed by atoms with Crippen molar-refractivity contribution >= 4 is 43.7 Å². The van der Waals surface area contributed by atoms with Gasteiger partial charge in [-0.15, -0.1) is 16.4 Å². The van der Waals surface area contributed by atoms with E-state index in [0.717, 1.165) is 34.3 Å². The Hall–Kier alpha value is -3.35. The van der Waals surface area contributed by atoms with Crippen LogP contribution < -0.4 is 19.1 Å². The van der Waals surface area contributed by atoms with Crippen LogP contribution in [-0.4, -0.2) is 59.1 Å². The summed E-state index contributed by atoms with van der Waals surface area (Å²) in [6, 6.07) is 5.63. The van der Waals surface area contributed by atoms with Crippen molar-refractivity contribution in [2.45, 2.75) is 32.7 Å². The van der Waals surface area contributed by atoms with Gasteiger partial charge in [-0.1, -0.05) is 0 Å². The third kappa shape index (κ3) is 4.36. The maximum atomic E-state index is 6.22. The summed E-state index contributed by atoms with van der Waals surface area (Å²) < 4.78 is 30.5. The first-order chi connectivity index (χ1) is 17.5. The fourth-order valence-corrected chi connectivity index (χ4v) is 5.85. The largest absolute Gasteiger partial charge is 0.496 e. The highest BCUT2D eigenvalue weighted by molar-refractivity contribution is 7.18. The van der Waals surface area contributed by atoms with Crippen molar-refractivity contribution in [2.24, 2.45) is 0 Å². The molecule has 1 fully saturated rings. The van der Waals surface area contributed by atoms with Gasteiger partial charge in [0, 0.05) is 30.6 Å². The molecule has 0 amide bonds. The molecule has 0 aliphatic carbocycles. The first-order valence-corrected chi connectivity index (χ1v) is 13.2. The first kappa shape index (κ1) is 23.1. The molecule has 1 aromatic carbocycles. The standard InChI is InChI=1S/C24H25N5O5S2/c1-13-8-28(9-14(2)33-13)22-25-15(12-35-22)11-32-19-5-16(30-3)6-20-17(19)7-21(34-20)18-10-29-23(26-18)36-24(27-29)31-4/h5-7,10,12-14H,8-9,11H2,1-4H3. The Bertz CT molecular complexity index is 1480. The normalized spacial score (nSPS) is 18.3. The maximum absolute atomic E-state index is 6.22. The van der Waals surface area contributed by atoms with E-state index in [1.165, 1.54) is 11.3 Å². The smallest absolute Gasteiger partial charge is 0.294 e. The number of hydrogen-bond acceptors (Lipinski definition) is 11. The molecule has 4 aromatic heterocycles. The number of aromatic nitrogens is 4. The van der Waals surface area contributed by atoms with Crippen molar-refractivity contribution in [1.29, 1.82) is 0 Å². The fourth-order valence-electron chi connectivity index (χ4n) is 4.32. The van der Waals surface area contributed by atoms with E-state index in [-0.39, 0.29) is 12.2 Å². The van der Waals surface area contributed by atoms with Crippen LogP contribution in [0, 0.1) is 0 Å². The van der Waals surface area contributed by atoms with Gasteiger partial charge in [0.05, 0.1) is 43.7 Å². The van der Waals surface area contributed by atoms with E-state index in [0.29, 0.717) is 40.3 Å². The summed E-state index contributed by atoms with van der Waals surface area (Å²) in [5, 5.41) is 8.74. The molecule has 0 N–H and O–H groups in total. The average Bonchev–Trinajstić information content (AvgIpc) is 3.63. The lowest BCUT2D eigenvalue weighted by Crippen LogP contribution is -2.45.